The minimum atomic E-state index is -1.82. The van der Waals surface area contributed by atoms with Crippen molar-refractivity contribution in [2.75, 3.05) is 32.5 Å². The van der Waals surface area contributed by atoms with Crippen LogP contribution in [0.1, 0.15) is 24.0 Å². The molecule has 1 heterocycles. The number of carboxylic acids is 2. The van der Waals surface area contributed by atoms with Gasteiger partial charge in [0.25, 0.3) is 0 Å². The highest BCUT2D eigenvalue weighted by Crippen LogP contribution is 2.24. The quantitative estimate of drug-likeness (QED) is 0.168. The number of carboxylic acid groups (broad SMARTS) is 2. The number of aliphatic carboxylic acids is 2. The summed E-state index contributed by atoms with van der Waals surface area (Å²) in [6.45, 7) is 3.92. The van der Waals surface area contributed by atoms with Crippen molar-refractivity contribution < 1.29 is 24.6 Å². The van der Waals surface area contributed by atoms with Crippen molar-refractivity contribution in [2.45, 2.75) is 17.7 Å². The van der Waals surface area contributed by atoms with E-state index in [2.05, 4.69) is 83.0 Å². The number of fused-ring (bicyclic) bond motifs is 1. The van der Waals surface area contributed by atoms with E-state index in [1.165, 1.54) is 41.6 Å². The Morgan fingerprint density at radius 3 is 2.24 bits per heavy atom. The van der Waals surface area contributed by atoms with E-state index in [9.17, 15) is 0 Å². The van der Waals surface area contributed by atoms with Crippen molar-refractivity contribution in [2.24, 2.45) is 5.16 Å². The van der Waals surface area contributed by atoms with Crippen LogP contribution in [0.4, 0.5) is 0 Å². The molecule has 0 aliphatic carbocycles. The molecule has 2 N–H and O–H groups in total. The van der Waals surface area contributed by atoms with Gasteiger partial charge in [-0.3, -0.25) is 4.90 Å². The summed E-state index contributed by atoms with van der Waals surface area (Å²) in [4.78, 5) is 27.7. The Labute approximate surface area is 203 Å². The molecular weight excluding hydrogens is 452 g/mol. The zero-order chi connectivity index (χ0) is 24.3. The van der Waals surface area contributed by atoms with Crippen LogP contribution in [0.3, 0.4) is 0 Å². The molecule has 0 spiro atoms. The lowest BCUT2D eigenvalue weighted by Gasteiger charge is -2.14. The molecule has 3 aromatic carbocycles. The number of hydrogen-bond donors (Lipinski definition) is 2. The van der Waals surface area contributed by atoms with Gasteiger partial charge in [0, 0.05) is 22.6 Å². The van der Waals surface area contributed by atoms with E-state index in [4.69, 9.17) is 24.6 Å². The zero-order valence-electron chi connectivity index (χ0n) is 19.0. The van der Waals surface area contributed by atoms with Gasteiger partial charge in [0.1, 0.15) is 12.3 Å². The second-order valence-electron chi connectivity index (χ2n) is 7.69. The van der Waals surface area contributed by atoms with Gasteiger partial charge in [-0.2, -0.15) is 0 Å². The lowest BCUT2D eigenvalue weighted by Crippen LogP contribution is -2.23. The van der Waals surface area contributed by atoms with E-state index in [-0.39, 0.29) is 0 Å². The van der Waals surface area contributed by atoms with Crippen LogP contribution in [0.5, 0.6) is 0 Å². The molecule has 1 aliphatic heterocycles. The molecule has 7 nitrogen and oxygen atoms in total. The summed E-state index contributed by atoms with van der Waals surface area (Å²) in [6.07, 6.45) is 4.69. The summed E-state index contributed by atoms with van der Waals surface area (Å²) in [6, 6.07) is 23.4. The predicted molar refractivity (Wildman–Crippen MR) is 135 cm³/mol. The van der Waals surface area contributed by atoms with Gasteiger partial charge >= 0.3 is 11.9 Å². The first-order valence-electron chi connectivity index (χ1n) is 11.0. The molecule has 0 bridgehead atoms. The number of oxime groups is 1. The van der Waals surface area contributed by atoms with Crippen molar-refractivity contribution >= 4 is 40.2 Å². The van der Waals surface area contributed by atoms with Crippen molar-refractivity contribution in [1.29, 1.82) is 0 Å². The van der Waals surface area contributed by atoms with E-state index in [1.54, 1.807) is 11.8 Å². The van der Waals surface area contributed by atoms with Crippen LogP contribution < -0.4 is 0 Å². The summed E-state index contributed by atoms with van der Waals surface area (Å²) in [5, 5.41) is 21.8. The van der Waals surface area contributed by atoms with Crippen molar-refractivity contribution in [3.05, 3.63) is 77.9 Å². The Kier molecular flexibility index (Phi) is 9.49. The topological polar surface area (TPSA) is 99.4 Å². The molecule has 178 valence electrons. The van der Waals surface area contributed by atoms with Crippen molar-refractivity contribution in [1.82, 2.24) is 4.90 Å². The number of benzene rings is 3. The van der Waals surface area contributed by atoms with Gasteiger partial charge in [-0.25, -0.2) is 9.59 Å². The third-order valence-electron chi connectivity index (χ3n) is 5.44. The number of nitrogens with zero attached hydrogens (tertiary/aromatic N) is 2. The summed E-state index contributed by atoms with van der Waals surface area (Å²) < 4.78 is 0. The fraction of sp³-hybridized carbons (Fsp3) is 0.269. The largest absolute Gasteiger partial charge is 0.473 e. The standard InChI is InChI=1S/C24H26N2OS.C2H2O4/c1-28-21-13-11-20(12-14-21)24(25-27-18-17-26-15-4-5-16-26)23-10-6-8-19-7-2-3-9-22(19)23;3-1(4)2(5)6/h2-3,6-14H,4-5,15-18H2,1H3;(H,3,4)(H,5,6)/b25-24+;. The van der Waals surface area contributed by atoms with Crippen molar-refractivity contribution in [3.63, 3.8) is 0 Å². The molecule has 1 aliphatic rings. The van der Waals surface area contributed by atoms with Gasteiger partial charge in [0.2, 0.25) is 0 Å². The molecule has 0 radical (unpaired) electrons. The summed E-state index contributed by atoms with van der Waals surface area (Å²) >= 11 is 1.75. The van der Waals surface area contributed by atoms with Crippen LogP contribution in [-0.4, -0.2) is 65.3 Å². The van der Waals surface area contributed by atoms with Gasteiger partial charge in [-0.1, -0.05) is 59.8 Å². The van der Waals surface area contributed by atoms with E-state index >= 15 is 0 Å². The molecule has 0 atom stereocenters. The maximum Gasteiger partial charge on any atom is 0.414 e. The first kappa shape index (κ1) is 25.3. The smallest absolute Gasteiger partial charge is 0.414 e. The first-order valence-corrected chi connectivity index (χ1v) is 12.2. The Hall–Kier alpha value is -3.36. The molecule has 3 aromatic rings. The molecule has 0 aromatic heterocycles. The van der Waals surface area contributed by atoms with Gasteiger partial charge in [-0.05, 0) is 55.1 Å². The predicted octanol–water partition coefficient (Wildman–Crippen LogP) is 4.58. The average Bonchev–Trinajstić information content (AvgIpc) is 3.38. The molecular formula is C26H28N2O5S. The Bertz CT molecular complexity index is 1120. The molecule has 1 saturated heterocycles. The first-order chi connectivity index (χ1) is 16.5. The third kappa shape index (κ3) is 7.07. The Morgan fingerprint density at radius 2 is 1.59 bits per heavy atom. The minimum absolute atomic E-state index is 0.622. The highest BCUT2D eigenvalue weighted by Gasteiger charge is 2.13. The van der Waals surface area contributed by atoms with Gasteiger partial charge in [-0.15, -0.1) is 11.8 Å². The second-order valence-corrected chi connectivity index (χ2v) is 8.57. The second kappa shape index (κ2) is 12.8. The monoisotopic (exact) mass is 480 g/mol. The van der Waals surface area contributed by atoms with Gasteiger partial charge < -0.3 is 15.1 Å². The fourth-order valence-corrected chi connectivity index (χ4v) is 4.13. The maximum absolute atomic E-state index is 9.10. The number of carbonyl (C=O) groups is 2. The van der Waals surface area contributed by atoms with Crippen molar-refractivity contribution in [3.8, 4) is 0 Å². The SMILES string of the molecule is CSc1ccc(/C(=N\OCCN2CCCC2)c2cccc3ccccc23)cc1.O=C(O)C(=O)O. The van der Waals surface area contributed by atoms with Gasteiger partial charge in [0.05, 0.1) is 0 Å². The van der Waals surface area contributed by atoms with E-state index in [0.717, 1.165) is 23.4 Å². The number of likely N-dealkylation sites (tertiary alicyclic amines) is 1. The number of rotatable bonds is 7. The van der Waals surface area contributed by atoms with Crippen LogP contribution in [0.2, 0.25) is 0 Å². The van der Waals surface area contributed by atoms with E-state index in [1.807, 2.05) is 0 Å². The van der Waals surface area contributed by atoms with Crippen LogP contribution in [0.15, 0.2) is 76.8 Å². The average molecular weight is 481 g/mol. The van der Waals surface area contributed by atoms with E-state index in [0.29, 0.717) is 6.61 Å². The van der Waals surface area contributed by atoms with E-state index < -0.39 is 11.9 Å². The Morgan fingerprint density at radius 1 is 0.941 bits per heavy atom. The lowest BCUT2D eigenvalue weighted by atomic mass is 9.97. The highest BCUT2D eigenvalue weighted by molar-refractivity contribution is 7.98. The number of hydrogen-bond acceptors (Lipinski definition) is 6. The highest BCUT2D eigenvalue weighted by atomic mass is 32.2. The molecule has 8 heteroatoms. The van der Waals surface area contributed by atoms with Crippen LogP contribution in [0, 0.1) is 0 Å². The molecule has 4 rings (SSSR count). The molecule has 0 unspecified atom stereocenters. The minimum Gasteiger partial charge on any atom is -0.473 e. The molecule has 1 fully saturated rings. The summed E-state index contributed by atoms with van der Waals surface area (Å²) in [7, 11) is 0. The van der Waals surface area contributed by atoms with Crippen LogP contribution >= 0.6 is 11.8 Å². The maximum atomic E-state index is 9.10. The zero-order valence-corrected chi connectivity index (χ0v) is 19.8. The molecule has 0 amide bonds. The molecule has 34 heavy (non-hydrogen) atoms. The lowest BCUT2D eigenvalue weighted by molar-refractivity contribution is -0.159. The van der Waals surface area contributed by atoms with Gasteiger partial charge in [0.15, 0.2) is 0 Å². The summed E-state index contributed by atoms with van der Waals surface area (Å²) in [5.74, 6) is -3.65. The summed E-state index contributed by atoms with van der Waals surface area (Å²) in [5.41, 5.74) is 3.08. The molecule has 0 saturated carbocycles. The van der Waals surface area contributed by atoms with Crippen LogP contribution in [0.25, 0.3) is 10.8 Å². The fourth-order valence-electron chi connectivity index (χ4n) is 3.72. The Balaban J connectivity index is 0.000000481. The normalized spacial score (nSPS) is 13.9. The number of thioether (sulfide) groups is 1. The van der Waals surface area contributed by atoms with Crippen LogP contribution in [-0.2, 0) is 14.4 Å². The third-order valence-corrected chi connectivity index (χ3v) is 6.19.